The number of benzene rings is 1. The van der Waals surface area contributed by atoms with Gasteiger partial charge in [-0.05, 0) is 17.7 Å². The maximum atomic E-state index is 12.7. The Hall–Kier alpha value is -2.92. The Morgan fingerprint density at radius 1 is 1.17 bits per heavy atom. The molecule has 1 aromatic carbocycles. The summed E-state index contributed by atoms with van der Waals surface area (Å²) in [5.41, 5.74) is 2.92. The van der Waals surface area contributed by atoms with Gasteiger partial charge in [0.15, 0.2) is 5.01 Å². The lowest BCUT2D eigenvalue weighted by Gasteiger charge is -2.36. The smallest absolute Gasteiger partial charge is 0.367 e. The maximum Gasteiger partial charge on any atom is 0.443 e. The molecule has 1 saturated heterocycles. The second kappa shape index (κ2) is 8.62. The van der Waals surface area contributed by atoms with Gasteiger partial charge in [-0.2, -0.15) is 13.2 Å². The van der Waals surface area contributed by atoms with Crippen molar-refractivity contribution in [2.24, 2.45) is 0 Å². The number of hydroxylamine groups is 1. The van der Waals surface area contributed by atoms with Crippen molar-refractivity contribution in [1.82, 2.24) is 15.4 Å². The molecule has 154 valence electrons. The van der Waals surface area contributed by atoms with Gasteiger partial charge in [0.25, 0.3) is 11.8 Å². The van der Waals surface area contributed by atoms with Gasteiger partial charge in [0, 0.05) is 43.3 Å². The Morgan fingerprint density at radius 2 is 1.86 bits per heavy atom. The summed E-state index contributed by atoms with van der Waals surface area (Å²) < 4.78 is 38.1. The van der Waals surface area contributed by atoms with E-state index in [2.05, 4.69) is 4.98 Å². The van der Waals surface area contributed by atoms with E-state index in [1.165, 1.54) is 16.5 Å². The predicted octanol–water partition coefficient (Wildman–Crippen LogP) is 2.64. The van der Waals surface area contributed by atoms with Gasteiger partial charge >= 0.3 is 6.18 Å². The van der Waals surface area contributed by atoms with Crippen molar-refractivity contribution in [2.45, 2.75) is 6.18 Å². The highest BCUT2D eigenvalue weighted by Crippen LogP contribution is 2.32. The average Bonchev–Trinajstić information content (AvgIpc) is 3.22. The minimum absolute atomic E-state index is 0.200. The molecular formula is C18H17F3N4O3S. The normalized spacial score (nSPS) is 15.0. The molecule has 29 heavy (non-hydrogen) atoms. The number of carbonyl (C=O) groups excluding carboxylic acids is 2. The summed E-state index contributed by atoms with van der Waals surface area (Å²) >= 11 is 0.406. The fourth-order valence-electron chi connectivity index (χ4n) is 2.93. The fraction of sp³-hybridized carbons (Fsp3) is 0.278. The van der Waals surface area contributed by atoms with E-state index in [1.807, 2.05) is 23.1 Å². The first-order chi connectivity index (χ1) is 13.8. The van der Waals surface area contributed by atoms with Crippen LogP contribution in [0.3, 0.4) is 0 Å². The van der Waals surface area contributed by atoms with Gasteiger partial charge < -0.3 is 9.80 Å². The van der Waals surface area contributed by atoms with E-state index in [0.717, 1.165) is 16.6 Å². The molecule has 0 saturated carbocycles. The molecule has 0 atom stereocenters. The predicted molar refractivity (Wildman–Crippen MR) is 101 cm³/mol. The van der Waals surface area contributed by atoms with Crippen molar-refractivity contribution in [3.05, 3.63) is 52.0 Å². The van der Waals surface area contributed by atoms with E-state index < -0.39 is 23.0 Å². The molecule has 0 spiro atoms. The highest BCUT2D eigenvalue weighted by atomic mass is 32.1. The number of hydrogen-bond donors (Lipinski definition) is 2. The Balaban J connectivity index is 1.67. The second-order valence-electron chi connectivity index (χ2n) is 6.18. The van der Waals surface area contributed by atoms with Crippen LogP contribution in [0.2, 0.25) is 0 Å². The summed E-state index contributed by atoms with van der Waals surface area (Å²) in [7, 11) is 0. The quantitative estimate of drug-likeness (QED) is 0.446. The van der Waals surface area contributed by atoms with Crippen LogP contribution >= 0.6 is 11.3 Å². The molecule has 0 radical (unpaired) electrons. The molecule has 11 heteroatoms. The fourth-order valence-corrected chi connectivity index (χ4v) is 3.60. The molecule has 0 unspecified atom stereocenters. The molecule has 2 aromatic rings. The number of rotatable bonds is 4. The molecule has 1 aromatic heterocycles. The molecule has 2 amide bonds. The van der Waals surface area contributed by atoms with E-state index in [0.29, 0.717) is 37.5 Å². The Labute approximate surface area is 168 Å². The van der Waals surface area contributed by atoms with Crippen LogP contribution in [-0.4, -0.2) is 53.1 Å². The number of aromatic nitrogens is 1. The molecule has 0 bridgehead atoms. The van der Waals surface area contributed by atoms with E-state index in [9.17, 15) is 22.8 Å². The standard InChI is InChI=1S/C18H17F3N4O3S/c19-18(20,21)17-22-13(11-29-17)16(27)25-9-7-24(8-10-25)14-4-2-1-3-12(14)5-6-15(26)23-28/h1-6,11,28H,7-10H2,(H,23,26)/b6-5+. The Kier molecular flexibility index (Phi) is 6.18. The van der Waals surface area contributed by atoms with Crippen LogP contribution in [0.15, 0.2) is 35.7 Å². The summed E-state index contributed by atoms with van der Waals surface area (Å²) in [4.78, 5) is 30.6. The number of para-hydroxylation sites is 1. The first-order valence-electron chi connectivity index (χ1n) is 8.57. The lowest BCUT2D eigenvalue weighted by molar-refractivity contribution is -0.137. The summed E-state index contributed by atoms with van der Waals surface area (Å²) in [6.45, 7) is 1.60. The number of nitrogens with zero attached hydrogens (tertiary/aromatic N) is 3. The average molecular weight is 426 g/mol. The molecule has 0 aliphatic carbocycles. The SMILES string of the molecule is O=C(/C=C/c1ccccc1N1CCN(C(=O)c2csc(C(F)(F)F)n2)CC1)NO. The molecule has 1 fully saturated rings. The van der Waals surface area contributed by atoms with Gasteiger partial charge in [0.1, 0.15) is 5.69 Å². The monoisotopic (exact) mass is 426 g/mol. The van der Waals surface area contributed by atoms with Crippen molar-refractivity contribution in [3.63, 3.8) is 0 Å². The number of carbonyl (C=O) groups is 2. The maximum absolute atomic E-state index is 12.7. The van der Waals surface area contributed by atoms with Gasteiger partial charge in [-0.15, -0.1) is 11.3 Å². The summed E-state index contributed by atoms with van der Waals surface area (Å²) in [5, 5.41) is 8.68. The number of hydrogen-bond acceptors (Lipinski definition) is 6. The van der Waals surface area contributed by atoms with Crippen molar-refractivity contribution in [2.75, 3.05) is 31.1 Å². The zero-order chi connectivity index (χ0) is 21.0. The number of amides is 2. The van der Waals surface area contributed by atoms with E-state index in [-0.39, 0.29) is 5.69 Å². The van der Waals surface area contributed by atoms with Crippen molar-refractivity contribution >= 4 is 34.9 Å². The molecule has 7 nitrogen and oxygen atoms in total. The van der Waals surface area contributed by atoms with Gasteiger partial charge in [-0.25, -0.2) is 10.5 Å². The molecule has 2 N–H and O–H groups in total. The zero-order valence-corrected chi connectivity index (χ0v) is 15.8. The van der Waals surface area contributed by atoms with Crippen LogP contribution < -0.4 is 10.4 Å². The second-order valence-corrected chi connectivity index (χ2v) is 7.04. The number of nitrogens with one attached hydrogen (secondary N) is 1. The third-order valence-corrected chi connectivity index (χ3v) is 5.22. The Morgan fingerprint density at radius 3 is 2.48 bits per heavy atom. The van der Waals surface area contributed by atoms with Crippen LogP contribution in [0, 0.1) is 0 Å². The minimum atomic E-state index is -4.56. The lowest BCUT2D eigenvalue weighted by Crippen LogP contribution is -2.49. The van der Waals surface area contributed by atoms with Gasteiger partial charge in [0.05, 0.1) is 0 Å². The summed E-state index contributed by atoms with van der Waals surface area (Å²) in [6.07, 6.45) is -1.81. The molecule has 1 aliphatic heterocycles. The van der Waals surface area contributed by atoms with Crippen LogP contribution in [0.5, 0.6) is 0 Å². The third kappa shape index (κ3) is 4.93. The zero-order valence-electron chi connectivity index (χ0n) is 15.0. The number of anilines is 1. The van der Waals surface area contributed by atoms with Crippen molar-refractivity contribution in [3.8, 4) is 0 Å². The van der Waals surface area contributed by atoms with Crippen LogP contribution in [0.4, 0.5) is 18.9 Å². The largest absolute Gasteiger partial charge is 0.443 e. The van der Waals surface area contributed by atoms with E-state index >= 15 is 0 Å². The number of halogens is 3. The highest BCUT2D eigenvalue weighted by Gasteiger charge is 2.36. The van der Waals surface area contributed by atoms with Crippen LogP contribution in [0.25, 0.3) is 6.08 Å². The first kappa shape index (κ1) is 20.8. The highest BCUT2D eigenvalue weighted by molar-refractivity contribution is 7.09. The summed E-state index contributed by atoms with van der Waals surface area (Å²) in [5.74, 6) is -1.18. The van der Waals surface area contributed by atoms with Gasteiger partial charge in [0.2, 0.25) is 0 Å². The number of alkyl halides is 3. The Bertz CT molecular complexity index is 921. The molecule has 2 heterocycles. The van der Waals surface area contributed by atoms with Crippen molar-refractivity contribution < 1.29 is 28.0 Å². The van der Waals surface area contributed by atoms with Crippen LogP contribution in [-0.2, 0) is 11.0 Å². The van der Waals surface area contributed by atoms with E-state index in [4.69, 9.17) is 5.21 Å². The molecule has 1 aliphatic rings. The number of piperazine rings is 1. The first-order valence-corrected chi connectivity index (χ1v) is 9.45. The number of thiazole rings is 1. The topological polar surface area (TPSA) is 85.8 Å². The molecular weight excluding hydrogens is 409 g/mol. The minimum Gasteiger partial charge on any atom is -0.367 e. The van der Waals surface area contributed by atoms with Gasteiger partial charge in [-0.1, -0.05) is 18.2 Å². The van der Waals surface area contributed by atoms with Crippen LogP contribution in [0.1, 0.15) is 21.1 Å². The lowest BCUT2D eigenvalue weighted by atomic mass is 10.1. The van der Waals surface area contributed by atoms with E-state index in [1.54, 1.807) is 12.1 Å². The van der Waals surface area contributed by atoms with Gasteiger partial charge in [-0.3, -0.25) is 14.8 Å². The summed E-state index contributed by atoms with van der Waals surface area (Å²) in [6, 6.07) is 7.32. The van der Waals surface area contributed by atoms with Crippen molar-refractivity contribution in [1.29, 1.82) is 0 Å². The molecule has 3 rings (SSSR count). The third-order valence-electron chi connectivity index (χ3n) is 4.33.